The molecule has 7 nitrogen and oxygen atoms in total. The van der Waals surface area contributed by atoms with Crippen LogP contribution in [0.15, 0.2) is 60.7 Å². The van der Waals surface area contributed by atoms with Crippen LogP contribution in [-0.2, 0) is 9.53 Å². The van der Waals surface area contributed by atoms with Crippen molar-refractivity contribution in [3.05, 3.63) is 66.2 Å². The molecule has 0 radical (unpaired) electrons. The Bertz CT molecular complexity index is 1100. The Labute approximate surface area is 178 Å². The topological polar surface area (TPSA) is 92.4 Å². The number of ether oxygens (including phenoxy) is 1. The van der Waals surface area contributed by atoms with E-state index in [2.05, 4.69) is 21.2 Å². The smallest absolute Gasteiger partial charge is 0.267 e. The molecule has 0 saturated carbocycles. The summed E-state index contributed by atoms with van der Waals surface area (Å²) in [6.45, 7) is 0.568. The van der Waals surface area contributed by atoms with Gasteiger partial charge in [-0.2, -0.15) is 0 Å². The molecule has 1 aliphatic heterocycles. The third kappa shape index (κ3) is 4.45. The number of amides is 2. The maximum atomic E-state index is 12.9. The summed E-state index contributed by atoms with van der Waals surface area (Å²) >= 11 is 5.16. The summed E-state index contributed by atoms with van der Waals surface area (Å²) in [5.41, 5.74) is 7.76. The Morgan fingerprint density at radius 1 is 1.03 bits per heavy atom. The summed E-state index contributed by atoms with van der Waals surface area (Å²) in [4.78, 5) is 29.6. The molecule has 4 rings (SSSR count). The molecule has 3 N–H and O–H groups in total. The summed E-state index contributed by atoms with van der Waals surface area (Å²) in [6, 6.07) is 18.8. The van der Waals surface area contributed by atoms with Crippen LogP contribution >= 0.6 is 12.2 Å². The summed E-state index contributed by atoms with van der Waals surface area (Å²) in [6.07, 6.45) is 1.02. The molecule has 1 aromatic heterocycles. The summed E-state index contributed by atoms with van der Waals surface area (Å²) in [7, 11) is 0. The number of pyridine rings is 1. The lowest BCUT2D eigenvalue weighted by Gasteiger charge is -2.14. The van der Waals surface area contributed by atoms with E-state index in [0.29, 0.717) is 35.2 Å². The highest BCUT2D eigenvalue weighted by molar-refractivity contribution is 7.80. The fraction of sp³-hybridized carbons (Fsp3) is 0.182. The Kier molecular flexibility index (Phi) is 5.97. The van der Waals surface area contributed by atoms with Crippen molar-refractivity contribution in [3.63, 3.8) is 0 Å². The minimum absolute atomic E-state index is 0.00602. The molecular formula is C22H20N4O3S. The Balaban J connectivity index is 1.52. The van der Waals surface area contributed by atoms with Gasteiger partial charge < -0.3 is 4.74 Å². The number of carbonyl (C=O) groups excluding carboxylic acids is 2. The fourth-order valence-electron chi connectivity index (χ4n) is 3.31. The molecule has 2 heterocycles. The summed E-state index contributed by atoms with van der Waals surface area (Å²) in [5, 5.41) is 3.31. The number of carbonyl (C=O) groups is 2. The number of hydrogen-bond acceptors (Lipinski definition) is 5. The molecule has 0 aliphatic carbocycles. The molecule has 1 fully saturated rings. The van der Waals surface area contributed by atoms with E-state index in [1.807, 2.05) is 54.6 Å². The fourth-order valence-corrected chi connectivity index (χ4v) is 3.45. The van der Waals surface area contributed by atoms with Crippen molar-refractivity contribution >= 4 is 40.0 Å². The zero-order valence-electron chi connectivity index (χ0n) is 16.1. The number of benzene rings is 2. The first-order chi connectivity index (χ1) is 14.6. The monoisotopic (exact) mass is 420 g/mol. The quantitative estimate of drug-likeness (QED) is 0.446. The average molecular weight is 420 g/mol. The molecule has 0 spiro atoms. The van der Waals surface area contributed by atoms with Crippen molar-refractivity contribution in [1.82, 2.24) is 21.2 Å². The SMILES string of the molecule is O=C(NC(=S)NNC(=O)C1CCCO1)c1cc(-c2ccccc2)nc2ccccc12. The first-order valence-corrected chi connectivity index (χ1v) is 10.0. The second kappa shape index (κ2) is 8.98. The molecule has 1 saturated heterocycles. The molecule has 152 valence electrons. The number of aromatic nitrogens is 1. The van der Waals surface area contributed by atoms with Crippen molar-refractivity contribution in [1.29, 1.82) is 0 Å². The molecule has 0 bridgehead atoms. The predicted molar refractivity (Wildman–Crippen MR) is 117 cm³/mol. The van der Waals surface area contributed by atoms with Gasteiger partial charge in [-0.15, -0.1) is 0 Å². The lowest BCUT2D eigenvalue weighted by atomic mass is 10.0. The van der Waals surface area contributed by atoms with Crippen LogP contribution < -0.4 is 16.2 Å². The highest BCUT2D eigenvalue weighted by Crippen LogP contribution is 2.24. The second-order valence-corrected chi connectivity index (χ2v) is 7.25. The average Bonchev–Trinajstić information content (AvgIpc) is 3.32. The number of rotatable bonds is 3. The number of hydrogen-bond donors (Lipinski definition) is 3. The van der Waals surface area contributed by atoms with Gasteiger partial charge in [-0.1, -0.05) is 48.5 Å². The zero-order valence-corrected chi connectivity index (χ0v) is 16.9. The van der Waals surface area contributed by atoms with Gasteiger partial charge in [0.1, 0.15) is 6.10 Å². The molecule has 1 unspecified atom stereocenters. The van der Waals surface area contributed by atoms with Crippen LogP contribution in [0.3, 0.4) is 0 Å². The lowest BCUT2D eigenvalue weighted by Crippen LogP contribution is -2.51. The molecule has 1 atom stereocenters. The minimum Gasteiger partial charge on any atom is -0.368 e. The lowest BCUT2D eigenvalue weighted by molar-refractivity contribution is -0.130. The molecule has 3 aromatic rings. The molecule has 1 aliphatic rings. The molecule has 2 amide bonds. The number of fused-ring (bicyclic) bond motifs is 1. The van der Waals surface area contributed by atoms with Gasteiger partial charge in [0.15, 0.2) is 5.11 Å². The van der Waals surface area contributed by atoms with Gasteiger partial charge in [-0.3, -0.25) is 25.8 Å². The van der Waals surface area contributed by atoms with E-state index in [-0.39, 0.29) is 11.0 Å². The number of nitrogens with one attached hydrogen (secondary N) is 3. The van der Waals surface area contributed by atoms with E-state index in [9.17, 15) is 9.59 Å². The molecule has 8 heteroatoms. The Morgan fingerprint density at radius 3 is 2.57 bits per heavy atom. The first kappa shape index (κ1) is 19.9. The van der Waals surface area contributed by atoms with Gasteiger partial charge in [0.05, 0.1) is 16.8 Å². The maximum Gasteiger partial charge on any atom is 0.267 e. The standard InChI is InChI=1S/C22H20N4O3S/c27-20(24-22(30)26-25-21(28)19-11-6-12-29-19)16-13-18(14-7-2-1-3-8-14)23-17-10-5-4-9-15(16)17/h1-5,7-10,13,19H,6,11-12H2,(H,25,28)(H2,24,26,27,30). The van der Waals surface area contributed by atoms with E-state index in [4.69, 9.17) is 17.0 Å². The molecule has 30 heavy (non-hydrogen) atoms. The number of thiocarbonyl (C=S) groups is 1. The second-order valence-electron chi connectivity index (χ2n) is 6.84. The van der Waals surface area contributed by atoms with Crippen molar-refractivity contribution in [3.8, 4) is 11.3 Å². The van der Waals surface area contributed by atoms with Crippen molar-refractivity contribution in [2.24, 2.45) is 0 Å². The third-order valence-corrected chi connectivity index (χ3v) is 4.98. The van der Waals surface area contributed by atoms with Gasteiger partial charge in [-0.05, 0) is 37.2 Å². The van der Waals surface area contributed by atoms with Gasteiger partial charge in [0.25, 0.3) is 11.8 Å². The number of para-hydroxylation sites is 1. The molecular weight excluding hydrogens is 400 g/mol. The zero-order chi connectivity index (χ0) is 20.9. The summed E-state index contributed by atoms with van der Waals surface area (Å²) in [5.74, 6) is -0.709. The Hall–Kier alpha value is -3.36. The third-order valence-electron chi connectivity index (χ3n) is 4.78. The number of nitrogens with zero attached hydrogens (tertiary/aromatic N) is 1. The van der Waals surface area contributed by atoms with Gasteiger partial charge in [0, 0.05) is 17.6 Å². The van der Waals surface area contributed by atoms with Crippen molar-refractivity contribution in [2.45, 2.75) is 18.9 Å². The van der Waals surface area contributed by atoms with Crippen molar-refractivity contribution in [2.75, 3.05) is 6.61 Å². The largest absolute Gasteiger partial charge is 0.368 e. The van der Waals surface area contributed by atoms with E-state index in [0.717, 1.165) is 12.0 Å². The molecule has 2 aromatic carbocycles. The van der Waals surface area contributed by atoms with Crippen LogP contribution in [-0.4, -0.2) is 34.6 Å². The van der Waals surface area contributed by atoms with Crippen LogP contribution in [0.2, 0.25) is 0 Å². The number of hydrazine groups is 1. The normalized spacial score (nSPS) is 15.5. The predicted octanol–water partition coefficient (Wildman–Crippen LogP) is 2.72. The summed E-state index contributed by atoms with van der Waals surface area (Å²) < 4.78 is 5.31. The maximum absolute atomic E-state index is 12.9. The van der Waals surface area contributed by atoms with Crippen LogP contribution in [0.5, 0.6) is 0 Å². The van der Waals surface area contributed by atoms with Gasteiger partial charge in [-0.25, -0.2) is 4.98 Å². The highest BCUT2D eigenvalue weighted by Gasteiger charge is 2.23. The van der Waals surface area contributed by atoms with Crippen molar-refractivity contribution < 1.29 is 14.3 Å². The Morgan fingerprint density at radius 2 is 1.80 bits per heavy atom. The van der Waals surface area contributed by atoms with Crippen LogP contribution in [0.4, 0.5) is 0 Å². The van der Waals surface area contributed by atoms with Crippen LogP contribution in [0.25, 0.3) is 22.2 Å². The highest BCUT2D eigenvalue weighted by atomic mass is 32.1. The van der Waals surface area contributed by atoms with Gasteiger partial charge >= 0.3 is 0 Å². The van der Waals surface area contributed by atoms with Crippen LogP contribution in [0, 0.1) is 0 Å². The first-order valence-electron chi connectivity index (χ1n) is 9.60. The van der Waals surface area contributed by atoms with E-state index < -0.39 is 12.0 Å². The van der Waals surface area contributed by atoms with Gasteiger partial charge in [0.2, 0.25) is 0 Å². The van der Waals surface area contributed by atoms with E-state index >= 15 is 0 Å². The van der Waals surface area contributed by atoms with Crippen LogP contribution in [0.1, 0.15) is 23.2 Å². The van der Waals surface area contributed by atoms with E-state index in [1.165, 1.54) is 0 Å². The minimum atomic E-state index is -0.492. The van der Waals surface area contributed by atoms with E-state index in [1.54, 1.807) is 6.07 Å².